The van der Waals surface area contributed by atoms with Crippen molar-refractivity contribution in [3.05, 3.63) is 69.0 Å². The third kappa shape index (κ3) is 3.49. The third-order valence-corrected chi connectivity index (χ3v) is 3.48. The molecule has 4 nitrogen and oxygen atoms in total. The van der Waals surface area contributed by atoms with Crippen LogP contribution in [0.1, 0.15) is 12.5 Å². The van der Waals surface area contributed by atoms with Gasteiger partial charge in [0.05, 0.1) is 10.6 Å². The molecule has 0 heterocycles. The number of nitrogens with zero attached hydrogens (tertiary/aromatic N) is 2. The van der Waals surface area contributed by atoms with Crippen LogP contribution in [0, 0.1) is 15.9 Å². The highest BCUT2D eigenvalue weighted by Gasteiger charge is 2.15. The lowest BCUT2D eigenvalue weighted by atomic mass is 10.1. The number of nitro benzene ring substituents is 1. The first-order valence-electron chi connectivity index (χ1n) is 6.45. The second-order valence-electron chi connectivity index (χ2n) is 4.51. The highest BCUT2D eigenvalue weighted by molar-refractivity contribution is 6.32. The molecule has 2 aromatic rings. The van der Waals surface area contributed by atoms with Gasteiger partial charge in [-0.05, 0) is 30.7 Å². The van der Waals surface area contributed by atoms with E-state index in [1.165, 1.54) is 18.2 Å². The largest absolute Gasteiger partial charge is 0.365 e. The Hall–Kier alpha value is -2.14. The van der Waals surface area contributed by atoms with E-state index >= 15 is 0 Å². The molecule has 21 heavy (non-hydrogen) atoms. The van der Waals surface area contributed by atoms with Crippen molar-refractivity contribution in [2.45, 2.75) is 13.5 Å². The Kier molecular flexibility index (Phi) is 4.75. The van der Waals surface area contributed by atoms with Crippen LogP contribution in [0.15, 0.2) is 42.5 Å². The molecule has 0 amide bonds. The van der Waals surface area contributed by atoms with Gasteiger partial charge in [-0.15, -0.1) is 0 Å². The molecular weight excluding hydrogens is 295 g/mol. The van der Waals surface area contributed by atoms with Gasteiger partial charge >= 0.3 is 0 Å². The van der Waals surface area contributed by atoms with Crippen LogP contribution in [0.5, 0.6) is 0 Å². The summed E-state index contributed by atoms with van der Waals surface area (Å²) in [5.74, 6) is -0.317. The first-order valence-corrected chi connectivity index (χ1v) is 6.83. The van der Waals surface area contributed by atoms with Gasteiger partial charge in [0.15, 0.2) is 0 Å². The monoisotopic (exact) mass is 308 g/mol. The molecule has 0 aliphatic carbocycles. The Labute approximate surface area is 126 Å². The molecule has 0 aromatic heterocycles. The second-order valence-corrected chi connectivity index (χ2v) is 4.92. The summed E-state index contributed by atoms with van der Waals surface area (Å²) in [5.41, 5.74) is 1.03. The number of rotatable bonds is 5. The van der Waals surface area contributed by atoms with Gasteiger partial charge in [0.25, 0.3) is 5.69 Å². The molecule has 110 valence electrons. The van der Waals surface area contributed by atoms with Gasteiger partial charge in [0, 0.05) is 19.2 Å². The maximum atomic E-state index is 13.8. The minimum absolute atomic E-state index is 0.0951. The van der Waals surface area contributed by atoms with Crippen LogP contribution in [0.25, 0.3) is 0 Å². The predicted molar refractivity (Wildman–Crippen MR) is 81.2 cm³/mol. The summed E-state index contributed by atoms with van der Waals surface area (Å²) < 4.78 is 13.8. The van der Waals surface area contributed by atoms with Gasteiger partial charge in [-0.25, -0.2) is 4.39 Å². The molecule has 0 N–H and O–H groups in total. The molecular formula is C15H14ClFN2O2. The summed E-state index contributed by atoms with van der Waals surface area (Å²) in [6.45, 7) is 2.85. The Bertz CT molecular complexity index is 664. The van der Waals surface area contributed by atoms with Crippen LogP contribution in [0.4, 0.5) is 15.8 Å². The zero-order valence-electron chi connectivity index (χ0n) is 11.4. The maximum absolute atomic E-state index is 13.8. The molecule has 0 radical (unpaired) electrons. The third-order valence-electron chi connectivity index (χ3n) is 3.16. The van der Waals surface area contributed by atoms with Crippen LogP contribution in [-0.4, -0.2) is 11.5 Å². The van der Waals surface area contributed by atoms with Gasteiger partial charge in [0.1, 0.15) is 10.8 Å². The molecule has 2 rings (SSSR count). The standard InChI is InChI=1S/C15H14ClFN2O2/c1-2-18(14-6-4-3-5-13(14)17)10-11-7-8-12(16)15(9-11)19(20)21/h3-9H,2,10H2,1H3. The molecule has 0 spiro atoms. The normalized spacial score (nSPS) is 10.4. The highest BCUT2D eigenvalue weighted by atomic mass is 35.5. The fraction of sp³-hybridized carbons (Fsp3) is 0.200. The molecule has 2 aromatic carbocycles. The molecule has 0 bridgehead atoms. The van der Waals surface area contributed by atoms with Gasteiger partial charge in [-0.3, -0.25) is 10.1 Å². The van der Waals surface area contributed by atoms with Crippen LogP contribution < -0.4 is 4.90 Å². The topological polar surface area (TPSA) is 46.4 Å². The fourth-order valence-corrected chi connectivity index (χ4v) is 2.28. The lowest BCUT2D eigenvalue weighted by Gasteiger charge is -2.23. The molecule has 0 saturated heterocycles. The SMILES string of the molecule is CCN(Cc1ccc(Cl)c([N+](=O)[O-])c1)c1ccccc1F. The Morgan fingerprint density at radius 2 is 2.00 bits per heavy atom. The summed E-state index contributed by atoms with van der Waals surface area (Å²) in [6.07, 6.45) is 0. The summed E-state index contributed by atoms with van der Waals surface area (Å²) in [7, 11) is 0. The Balaban J connectivity index is 2.29. The molecule has 0 fully saturated rings. The van der Waals surface area contributed by atoms with Crippen molar-refractivity contribution in [2.24, 2.45) is 0 Å². The highest BCUT2D eigenvalue weighted by Crippen LogP contribution is 2.27. The summed E-state index contributed by atoms with van der Waals surface area (Å²) in [4.78, 5) is 12.2. The number of para-hydroxylation sites is 1. The summed E-state index contributed by atoms with van der Waals surface area (Å²) in [5, 5.41) is 11.0. The molecule has 0 aliphatic heterocycles. The van der Waals surface area contributed by atoms with Crippen LogP contribution >= 0.6 is 11.6 Å². The zero-order valence-corrected chi connectivity index (χ0v) is 12.2. The van der Waals surface area contributed by atoms with E-state index in [9.17, 15) is 14.5 Å². The van der Waals surface area contributed by atoms with E-state index in [0.29, 0.717) is 24.3 Å². The van der Waals surface area contributed by atoms with E-state index < -0.39 is 4.92 Å². The fourth-order valence-electron chi connectivity index (χ4n) is 2.09. The van der Waals surface area contributed by atoms with Crippen LogP contribution in [-0.2, 0) is 6.54 Å². The maximum Gasteiger partial charge on any atom is 0.288 e. The van der Waals surface area contributed by atoms with Gasteiger partial charge in [0.2, 0.25) is 0 Å². The number of anilines is 1. The van der Waals surface area contributed by atoms with Gasteiger partial charge in [-0.2, -0.15) is 0 Å². The van der Waals surface area contributed by atoms with Crippen molar-refractivity contribution in [3.63, 3.8) is 0 Å². The van der Waals surface area contributed by atoms with Crippen molar-refractivity contribution < 1.29 is 9.31 Å². The molecule has 0 unspecified atom stereocenters. The number of halogens is 2. The van der Waals surface area contributed by atoms with E-state index in [1.54, 1.807) is 24.3 Å². The first kappa shape index (κ1) is 15.3. The summed E-state index contributed by atoms with van der Waals surface area (Å²) in [6, 6.07) is 11.1. The average Bonchev–Trinajstić information content (AvgIpc) is 2.47. The van der Waals surface area contributed by atoms with E-state index in [-0.39, 0.29) is 16.5 Å². The van der Waals surface area contributed by atoms with E-state index in [4.69, 9.17) is 11.6 Å². The molecule has 0 atom stereocenters. The van der Waals surface area contributed by atoms with Crippen molar-refractivity contribution in [2.75, 3.05) is 11.4 Å². The van der Waals surface area contributed by atoms with E-state index in [0.717, 1.165) is 0 Å². The second kappa shape index (κ2) is 6.54. The molecule has 0 aliphatic rings. The van der Waals surface area contributed by atoms with Crippen molar-refractivity contribution in [1.29, 1.82) is 0 Å². The number of benzene rings is 2. The Morgan fingerprint density at radius 3 is 2.62 bits per heavy atom. The minimum Gasteiger partial charge on any atom is -0.365 e. The summed E-state index contributed by atoms with van der Waals surface area (Å²) >= 11 is 5.79. The van der Waals surface area contributed by atoms with Gasteiger partial charge < -0.3 is 4.90 Å². The quantitative estimate of drug-likeness (QED) is 0.607. The average molecular weight is 309 g/mol. The lowest BCUT2D eigenvalue weighted by Crippen LogP contribution is -2.23. The van der Waals surface area contributed by atoms with Crippen molar-refractivity contribution in [3.8, 4) is 0 Å². The van der Waals surface area contributed by atoms with Crippen molar-refractivity contribution >= 4 is 23.0 Å². The van der Waals surface area contributed by atoms with E-state index in [2.05, 4.69) is 0 Å². The zero-order chi connectivity index (χ0) is 15.4. The van der Waals surface area contributed by atoms with E-state index in [1.807, 2.05) is 11.8 Å². The minimum atomic E-state index is -0.523. The smallest absolute Gasteiger partial charge is 0.288 e. The van der Waals surface area contributed by atoms with Crippen LogP contribution in [0.3, 0.4) is 0 Å². The number of hydrogen-bond acceptors (Lipinski definition) is 3. The molecule has 6 heteroatoms. The van der Waals surface area contributed by atoms with Crippen molar-refractivity contribution in [1.82, 2.24) is 0 Å². The first-order chi connectivity index (χ1) is 10.0. The number of hydrogen-bond donors (Lipinski definition) is 0. The predicted octanol–water partition coefficient (Wildman–Crippen LogP) is 4.41. The Morgan fingerprint density at radius 1 is 1.29 bits per heavy atom. The molecule has 0 saturated carbocycles. The van der Waals surface area contributed by atoms with Crippen LogP contribution in [0.2, 0.25) is 5.02 Å². The number of nitro groups is 1. The van der Waals surface area contributed by atoms with Gasteiger partial charge in [-0.1, -0.05) is 29.8 Å². The lowest BCUT2D eigenvalue weighted by molar-refractivity contribution is -0.384.